The van der Waals surface area contributed by atoms with Gasteiger partial charge in [0.2, 0.25) is 0 Å². The number of phenols is 1. The molecule has 6 aromatic carbocycles. The number of anilines is 3. The van der Waals surface area contributed by atoms with Crippen molar-refractivity contribution < 1.29 is 26.2 Å². The van der Waals surface area contributed by atoms with Gasteiger partial charge in [-0.3, -0.25) is 4.98 Å². The van der Waals surface area contributed by atoms with E-state index in [1.807, 2.05) is 79.0 Å². The minimum absolute atomic E-state index is 0. The number of pyridine rings is 2. The van der Waals surface area contributed by atoms with Crippen molar-refractivity contribution in [1.82, 2.24) is 9.97 Å². The topological polar surface area (TPSA) is 49.2 Å². The number of rotatable bonds is 9. The van der Waals surface area contributed by atoms with Gasteiger partial charge in [0.15, 0.2) is 0 Å². The van der Waals surface area contributed by atoms with Crippen molar-refractivity contribution in [3.8, 4) is 50.5 Å². The van der Waals surface area contributed by atoms with Crippen molar-refractivity contribution >= 4 is 17.2 Å². The number of para-hydroxylation sites is 1. The molecule has 0 atom stereocenters. The number of phenolic OH excluding ortho intramolecular Hbond substituents is 1. The van der Waals surface area contributed by atoms with E-state index in [-0.39, 0.29) is 32.2 Å². The van der Waals surface area contributed by atoms with Crippen LogP contribution in [-0.4, -0.2) is 15.1 Å². The Morgan fingerprint density at radius 3 is 1.74 bits per heavy atom. The Labute approximate surface area is 331 Å². The van der Waals surface area contributed by atoms with Gasteiger partial charge in [-0.25, -0.2) is 4.98 Å². The third-order valence-electron chi connectivity index (χ3n) is 9.79. The monoisotopic (exact) mass is 879 g/mol. The first-order valence-electron chi connectivity index (χ1n) is 17.8. The first kappa shape index (κ1) is 36.3. The van der Waals surface area contributed by atoms with Crippen LogP contribution in [0.25, 0.3) is 44.8 Å². The number of hydrogen-bond acceptors (Lipinski definition) is 4. The maximum absolute atomic E-state index is 11.4. The molecule has 54 heavy (non-hydrogen) atoms. The summed E-state index contributed by atoms with van der Waals surface area (Å²) in [5.41, 5.74) is 10.8. The molecule has 0 amide bonds. The predicted octanol–water partition coefficient (Wildman–Crippen LogP) is 12.4. The van der Waals surface area contributed by atoms with Gasteiger partial charge >= 0.3 is 0 Å². The fourth-order valence-corrected chi connectivity index (χ4v) is 6.82. The zero-order valence-electron chi connectivity index (χ0n) is 30.0. The maximum atomic E-state index is 11.4. The average molecular weight is 880 g/mol. The Balaban J connectivity index is 0.00000450. The van der Waals surface area contributed by atoms with Gasteiger partial charge in [0.25, 0.3) is 0 Å². The van der Waals surface area contributed by atoms with Gasteiger partial charge in [-0.15, -0.1) is 23.8 Å². The largest absolute Gasteiger partial charge is 0.507 e. The third kappa shape index (κ3) is 7.53. The molecule has 0 bridgehead atoms. The summed E-state index contributed by atoms with van der Waals surface area (Å²) in [6.45, 7) is 4.42. The Kier molecular flexibility index (Phi) is 10.7. The van der Waals surface area contributed by atoms with Crippen molar-refractivity contribution in [3.63, 3.8) is 0 Å². The van der Waals surface area contributed by atoms with E-state index in [4.69, 9.17) is 9.97 Å². The van der Waals surface area contributed by atoms with Gasteiger partial charge < -0.3 is 10.0 Å². The quantitative estimate of drug-likeness (QED) is 0.147. The Morgan fingerprint density at radius 2 is 1.11 bits per heavy atom. The minimum atomic E-state index is -0.303. The van der Waals surface area contributed by atoms with Crippen LogP contribution in [0.15, 0.2) is 188 Å². The summed E-state index contributed by atoms with van der Waals surface area (Å²) < 4.78 is 0. The molecule has 0 aliphatic heterocycles. The van der Waals surface area contributed by atoms with Gasteiger partial charge in [-0.05, 0) is 81.7 Å². The molecule has 0 radical (unpaired) electrons. The van der Waals surface area contributed by atoms with E-state index in [0.29, 0.717) is 11.3 Å². The zero-order valence-corrected chi connectivity index (χ0v) is 32.3. The van der Waals surface area contributed by atoms with E-state index in [9.17, 15) is 5.11 Å². The maximum Gasteiger partial charge on any atom is 0.136 e. The van der Waals surface area contributed by atoms with E-state index in [1.54, 1.807) is 6.07 Å². The Morgan fingerprint density at radius 1 is 0.537 bits per heavy atom. The van der Waals surface area contributed by atoms with Crippen LogP contribution in [0.1, 0.15) is 25.0 Å². The molecular weight excluding hydrogens is 842 g/mol. The van der Waals surface area contributed by atoms with Crippen LogP contribution in [0.2, 0.25) is 0 Å². The predicted molar refractivity (Wildman–Crippen MR) is 218 cm³/mol. The number of hydrogen-bond donors (Lipinski definition) is 1. The molecular formula is C49H38N3OPt-. The summed E-state index contributed by atoms with van der Waals surface area (Å²) >= 11 is 0. The minimum Gasteiger partial charge on any atom is -0.507 e. The number of benzene rings is 6. The molecule has 5 heteroatoms. The second-order valence-corrected chi connectivity index (χ2v) is 13.6. The summed E-state index contributed by atoms with van der Waals surface area (Å²) in [5, 5.41) is 11.4. The average Bonchev–Trinajstić information content (AvgIpc) is 3.22. The standard InChI is InChI=1S/C49H38N3O.Pt/c1-49(2,40-21-11-5-12-22-40)41-26-27-47(53)44(34-41)46-33-38(36-19-9-4-10-20-36)32-45(51-46)39-29-37(35-17-7-3-8-18-35)30-43(31-39)52(42-23-13-6-14-24-42)48-25-15-16-28-50-48;/h3-30,32-34,53H,1-2H3;/q-1;. The van der Waals surface area contributed by atoms with Crippen LogP contribution < -0.4 is 4.90 Å². The summed E-state index contributed by atoms with van der Waals surface area (Å²) in [4.78, 5) is 12.2. The molecule has 8 aromatic rings. The molecule has 2 heterocycles. The van der Waals surface area contributed by atoms with Crippen LogP contribution >= 0.6 is 0 Å². The van der Waals surface area contributed by atoms with Crippen LogP contribution in [0.3, 0.4) is 0 Å². The Bertz CT molecular complexity index is 2430. The molecule has 8 rings (SSSR count). The van der Waals surface area contributed by atoms with Crippen molar-refractivity contribution in [3.05, 3.63) is 205 Å². The fourth-order valence-electron chi connectivity index (χ4n) is 6.82. The second kappa shape index (κ2) is 15.9. The van der Waals surface area contributed by atoms with Crippen LogP contribution in [0.5, 0.6) is 5.75 Å². The summed E-state index contributed by atoms with van der Waals surface area (Å²) in [5.74, 6) is 0.954. The van der Waals surface area contributed by atoms with E-state index >= 15 is 0 Å². The van der Waals surface area contributed by atoms with Crippen molar-refractivity contribution in [1.29, 1.82) is 0 Å². The summed E-state index contributed by atoms with van der Waals surface area (Å²) in [7, 11) is 0. The number of aromatic hydroxyl groups is 1. The van der Waals surface area contributed by atoms with E-state index in [1.165, 1.54) is 5.56 Å². The molecule has 0 fully saturated rings. The number of aromatic nitrogens is 2. The molecule has 2 aromatic heterocycles. The smallest absolute Gasteiger partial charge is 0.136 e. The molecule has 1 N–H and O–H groups in total. The molecule has 4 nitrogen and oxygen atoms in total. The van der Waals surface area contributed by atoms with E-state index < -0.39 is 0 Å². The molecule has 0 unspecified atom stereocenters. The van der Waals surface area contributed by atoms with E-state index in [2.05, 4.69) is 128 Å². The summed E-state index contributed by atoms with van der Waals surface area (Å²) in [6, 6.07) is 65.4. The first-order valence-corrected chi connectivity index (χ1v) is 17.8. The van der Waals surface area contributed by atoms with Crippen molar-refractivity contribution in [2.75, 3.05) is 4.90 Å². The van der Waals surface area contributed by atoms with Gasteiger partial charge in [0.1, 0.15) is 11.6 Å². The SMILES string of the molecule is CC(C)(c1ccccc1)c1ccc(O)c(-c2cc(-c3ccccc3)cc(-c3[c-]c(N(c4ccccc4)c4ccccn4)cc(-c4ccccc4)c3)n2)c1.[Pt]. The number of nitrogens with zero attached hydrogens (tertiary/aromatic N) is 3. The summed E-state index contributed by atoms with van der Waals surface area (Å²) in [6.07, 6.45) is 1.81. The molecule has 0 aliphatic rings. The van der Waals surface area contributed by atoms with Crippen LogP contribution in [-0.2, 0) is 26.5 Å². The zero-order chi connectivity index (χ0) is 36.2. The molecule has 266 valence electrons. The Hall–Kier alpha value is -6.09. The molecule has 0 saturated heterocycles. The van der Waals surface area contributed by atoms with Crippen LogP contribution in [0, 0.1) is 6.07 Å². The second-order valence-electron chi connectivity index (χ2n) is 13.6. The molecule has 0 spiro atoms. The van der Waals surface area contributed by atoms with Gasteiger partial charge in [-0.1, -0.05) is 147 Å². The molecule has 0 saturated carbocycles. The van der Waals surface area contributed by atoms with Crippen LogP contribution in [0.4, 0.5) is 17.2 Å². The molecule has 0 aliphatic carbocycles. The normalized spacial score (nSPS) is 11.1. The first-order chi connectivity index (χ1) is 25.9. The van der Waals surface area contributed by atoms with Gasteiger partial charge in [0.05, 0.1) is 5.69 Å². The van der Waals surface area contributed by atoms with Gasteiger partial charge in [-0.2, -0.15) is 0 Å². The van der Waals surface area contributed by atoms with Crippen molar-refractivity contribution in [2.45, 2.75) is 19.3 Å². The van der Waals surface area contributed by atoms with E-state index in [0.717, 1.165) is 56.3 Å². The third-order valence-corrected chi connectivity index (χ3v) is 9.79. The van der Waals surface area contributed by atoms with Gasteiger partial charge in [0, 0.05) is 43.9 Å². The fraction of sp³-hybridized carbons (Fsp3) is 0.0612. The van der Waals surface area contributed by atoms with Crippen molar-refractivity contribution in [2.24, 2.45) is 0 Å².